The minimum atomic E-state index is -0.294. The maximum absolute atomic E-state index is 13.0. The average molecular weight is 376 g/mol. The molecule has 3 rings (SSSR count). The molecule has 0 atom stereocenters. The van der Waals surface area contributed by atoms with Crippen molar-refractivity contribution in [3.05, 3.63) is 65.3 Å². The molecule has 0 aliphatic heterocycles. The van der Waals surface area contributed by atoms with Gasteiger partial charge in [0.2, 0.25) is 11.7 Å². The Morgan fingerprint density at radius 3 is 2.77 bits per heavy atom. The van der Waals surface area contributed by atoms with E-state index in [4.69, 9.17) is 20.9 Å². The van der Waals surface area contributed by atoms with Crippen LogP contribution in [0, 0.1) is 5.82 Å². The van der Waals surface area contributed by atoms with Crippen molar-refractivity contribution in [3.63, 3.8) is 0 Å². The topological polar surface area (TPSA) is 51.4 Å². The third kappa shape index (κ3) is 5.28. The minimum Gasteiger partial charge on any atom is -0.493 e. The monoisotopic (exact) mass is 375 g/mol. The van der Waals surface area contributed by atoms with E-state index in [0.717, 1.165) is 24.3 Å². The lowest BCUT2D eigenvalue weighted by Gasteiger charge is -2.14. The fourth-order valence-corrected chi connectivity index (χ4v) is 2.61. The minimum absolute atomic E-state index is 0.294. The van der Waals surface area contributed by atoms with Gasteiger partial charge in [0.1, 0.15) is 11.6 Å². The van der Waals surface area contributed by atoms with Crippen molar-refractivity contribution in [1.82, 2.24) is 15.0 Å². The molecule has 1 aromatic heterocycles. The Morgan fingerprint density at radius 2 is 2.00 bits per heavy atom. The number of aromatic nitrogens is 2. The fourth-order valence-electron chi connectivity index (χ4n) is 2.43. The van der Waals surface area contributed by atoms with Crippen LogP contribution in [0.5, 0.6) is 5.75 Å². The third-order valence-electron chi connectivity index (χ3n) is 3.72. The summed E-state index contributed by atoms with van der Waals surface area (Å²) < 4.78 is 23.9. The van der Waals surface area contributed by atoms with E-state index in [2.05, 4.69) is 15.0 Å². The molecule has 2 aromatic carbocycles. The van der Waals surface area contributed by atoms with E-state index in [1.807, 2.05) is 25.2 Å². The number of hydrogen-bond acceptors (Lipinski definition) is 5. The maximum Gasteiger partial charge on any atom is 0.241 e. The lowest BCUT2D eigenvalue weighted by molar-refractivity contribution is 0.235. The molecule has 0 radical (unpaired) electrons. The molecule has 136 valence electrons. The number of halogens is 2. The van der Waals surface area contributed by atoms with Crippen LogP contribution in [0.2, 0.25) is 5.02 Å². The van der Waals surface area contributed by atoms with Gasteiger partial charge in [-0.25, -0.2) is 4.39 Å². The van der Waals surface area contributed by atoms with Gasteiger partial charge in [-0.1, -0.05) is 22.8 Å². The van der Waals surface area contributed by atoms with Crippen LogP contribution in [0.3, 0.4) is 0 Å². The Balaban J connectivity index is 1.43. The molecule has 0 amide bonds. The van der Waals surface area contributed by atoms with Crippen molar-refractivity contribution >= 4 is 11.6 Å². The van der Waals surface area contributed by atoms with Crippen molar-refractivity contribution in [2.45, 2.75) is 13.0 Å². The Hall–Kier alpha value is -2.44. The Kier molecular flexibility index (Phi) is 6.20. The van der Waals surface area contributed by atoms with Crippen LogP contribution < -0.4 is 4.74 Å². The first-order chi connectivity index (χ1) is 12.6. The third-order valence-corrected chi connectivity index (χ3v) is 3.96. The zero-order valence-electron chi connectivity index (χ0n) is 14.4. The highest BCUT2D eigenvalue weighted by Gasteiger charge is 2.11. The number of rotatable bonds is 8. The fraction of sp³-hybridized carbons (Fsp3) is 0.263. The number of hydrogen-bond donors (Lipinski definition) is 0. The van der Waals surface area contributed by atoms with Crippen LogP contribution in [0.1, 0.15) is 12.3 Å². The second kappa shape index (κ2) is 8.78. The van der Waals surface area contributed by atoms with E-state index in [1.165, 1.54) is 12.1 Å². The molecule has 0 fully saturated rings. The van der Waals surface area contributed by atoms with Gasteiger partial charge in [0.15, 0.2) is 0 Å². The summed E-state index contributed by atoms with van der Waals surface area (Å²) in [5.74, 6) is 1.44. The highest BCUT2D eigenvalue weighted by Crippen LogP contribution is 2.18. The molecule has 0 aliphatic carbocycles. The zero-order chi connectivity index (χ0) is 18.4. The van der Waals surface area contributed by atoms with Crippen LogP contribution in [0.4, 0.5) is 4.39 Å². The van der Waals surface area contributed by atoms with Gasteiger partial charge in [-0.3, -0.25) is 4.90 Å². The predicted molar refractivity (Wildman–Crippen MR) is 97.6 cm³/mol. The van der Waals surface area contributed by atoms with Crippen molar-refractivity contribution in [3.8, 4) is 17.1 Å². The maximum atomic E-state index is 13.0. The SMILES string of the molecule is CN(CCCOc1cccc(Cl)c1)Cc1nc(-c2ccc(F)cc2)no1. The first kappa shape index (κ1) is 18.4. The molecule has 0 unspecified atom stereocenters. The molecule has 26 heavy (non-hydrogen) atoms. The van der Waals surface area contributed by atoms with Crippen LogP contribution in [-0.4, -0.2) is 35.2 Å². The smallest absolute Gasteiger partial charge is 0.241 e. The van der Waals surface area contributed by atoms with Crippen LogP contribution in [0.15, 0.2) is 53.1 Å². The zero-order valence-corrected chi connectivity index (χ0v) is 15.1. The highest BCUT2D eigenvalue weighted by atomic mass is 35.5. The van der Waals surface area contributed by atoms with Crippen LogP contribution in [-0.2, 0) is 6.54 Å². The first-order valence-corrected chi connectivity index (χ1v) is 8.63. The van der Waals surface area contributed by atoms with E-state index < -0.39 is 0 Å². The van der Waals surface area contributed by atoms with Gasteiger partial charge >= 0.3 is 0 Å². The van der Waals surface area contributed by atoms with Gasteiger partial charge in [-0.05, 0) is 55.9 Å². The van der Waals surface area contributed by atoms with E-state index in [-0.39, 0.29) is 5.82 Å². The normalized spacial score (nSPS) is 11.1. The summed E-state index contributed by atoms with van der Waals surface area (Å²) in [5, 5.41) is 4.60. The van der Waals surface area contributed by atoms with Crippen LogP contribution >= 0.6 is 11.6 Å². The molecule has 0 bridgehead atoms. The molecule has 0 saturated carbocycles. The quantitative estimate of drug-likeness (QED) is 0.545. The Labute approximate surface area is 156 Å². The number of ether oxygens (including phenoxy) is 1. The number of nitrogens with zero attached hydrogens (tertiary/aromatic N) is 3. The van der Waals surface area contributed by atoms with Gasteiger partial charge in [-0.2, -0.15) is 4.98 Å². The Morgan fingerprint density at radius 1 is 1.19 bits per heavy atom. The second-order valence-corrected chi connectivity index (χ2v) is 6.35. The summed E-state index contributed by atoms with van der Waals surface area (Å²) in [6.45, 7) is 1.94. The molecular weight excluding hydrogens is 357 g/mol. The van der Waals surface area contributed by atoms with E-state index in [1.54, 1.807) is 18.2 Å². The summed E-state index contributed by atoms with van der Waals surface area (Å²) >= 11 is 5.92. The first-order valence-electron chi connectivity index (χ1n) is 8.25. The average Bonchev–Trinajstić information content (AvgIpc) is 3.08. The molecular formula is C19H19ClFN3O2. The molecule has 1 heterocycles. The van der Waals surface area contributed by atoms with E-state index in [9.17, 15) is 4.39 Å². The highest BCUT2D eigenvalue weighted by molar-refractivity contribution is 6.30. The van der Waals surface area contributed by atoms with Crippen molar-refractivity contribution in [2.75, 3.05) is 20.2 Å². The molecule has 5 nitrogen and oxygen atoms in total. The van der Waals surface area contributed by atoms with Crippen molar-refractivity contribution in [1.29, 1.82) is 0 Å². The predicted octanol–water partition coefficient (Wildman–Crippen LogP) is 4.43. The van der Waals surface area contributed by atoms with Crippen molar-refractivity contribution in [2.24, 2.45) is 0 Å². The van der Waals surface area contributed by atoms with Gasteiger partial charge in [0.05, 0.1) is 13.2 Å². The second-order valence-electron chi connectivity index (χ2n) is 5.92. The molecule has 3 aromatic rings. The summed E-state index contributed by atoms with van der Waals surface area (Å²) in [5.41, 5.74) is 0.721. The molecule has 0 spiro atoms. The standard InChI is InChI=1S/C19H19ClFN3O2/c1-24(10-3-11-25-17-5-2-4-15(20)12-17)13-18-22-19(23-26-18)14-6-8-16(21)9-7-14/h2,4-9,12H,3,10-11,13H2,1H3. The van der Waals surface area contributed by atoms with Gasteiger partial charge < -0.3 is 9.26 Å². The Bertz CT molecular complexity index is 839. The van der Waals surface area contributed by atoms with Gasteiger partial charge in [0, 0.05) is 17.1 Å². The largest absolute Gasteiger partial charge is 0.493 e. The summed E-state index contributed by atoms with van der Waals surface area (Å²) in [6.07, 6.45) is 0.849. The van der Waals surface area contributed by atoms with E-state index in [0.29, 0.717) is 29.9 Å². The molecule has 7 heteroatoms. The van der Waals surface area contributed by atoms with Crippen LogP contribution in [0.25, 0.3) is 11.4 Å². The van der Waals surface area contributed by atoms with E-state index >= 15 is 0 Å². The summed E-state index contributed by atoms with van der Waals surface area (Å²) in [4.78, 5) is 6.42. The lowest BCUT2D eigenvalue weighted by atomic mass is 10.2. The molecule has 0 saturated heterocycles. The molecule has 0 N–H and O–H groups in total. The summed E-state index contributed by atoms with van der Waals surface area (Å²) in [6, 6.07) is 13.3. The number of benzene rings is 2. The van der Waals surface area contributed by atoms with Gasteiger partial charge in [0.25, 0.3) is 0 Å². The van der Waals surface area contributed by atoms with Gasteiger partial charge in [-0.15, -0.1) is 0 Å². The molecule has 0 aliphatic rings. The van der Waals surface area contributed by atoms with Crippen molar-refractivity contribution < 1.29 is 13.7 Å². The summed E-state index contributed by atoms with van der Waals surface area (Å²) in [7, 11) is 1.97. The lowest BCUT2D eigenvalue weighted by Crippen LogP contribution is -2.21.